The Balaban J connectivity index is 2.08. The summed E-state index contributed by atoms with van der Waals surface area (Å²) in [6, 6.07) is 16.9. The molecule has 2 heterocycles. The third-order valence-electron chi connectivity index (χ3n) is 4.75. The molecule has 1 aliphatic rings. The van der Waals surface area contributed by atoms with Gasteiger partial charge >= 0.3 is 0 Å². The van der Waals surface area contributed by atoms with Crippen LogP contribution in [-0.2, 0) is 13.0 Å². The number of hydrogen-bond acceptors (Lipinski definition) is 0. The van der Waals surface area contributed by atoms with E-state index in [0.717, 1.165) is 18.0 Å². The fourth-order valence-corrected chi connectivity index (χ4v) is 3.62. The van der Waals surface area contributed by atoms with Crippen molar-refractivity contribution in [3.05, 3.63) is 70.4 Å². The van der Waals surface area contributed by atoms with Gasteiger partial charge < -0.3 is 4.57 Å². The summed E-state index contributed by atoms with van der Waals surface area (Å²) in [4.78, 5) is 0. The Morgan fingerprint density at radius 1 is 0.955 bits per heavy atom. The van der Waals surface area contributed by atoms with Gasteiger partial charge in [0.2, 0.25) is 0 Å². The van der Waals surface area contributed by atoms with Crippen LogP contribution >= 0.6 is 11.6 Å². The monoisotopic (exact) mass is 307 g/mol. The molecular weight excluding hydrogens is 290 g/mol. The summed E-state index contributed by atoms with van der Waals surface area (Å²) in [5.41, 5.74) is 8.26. The van der Waals surface area contributed by atoms with Crippen molar-refractivity contribution in [2.45, 2.75) is 26.8 Å². The maximum atomic E-state index is 6.28. The second-order valence-corrected chi connectivity index (χ2v) is 6.61. The van der Waals surface area contributed by atoms with Crippen molar-refractivity contribution >= 4 is 22.5 Å². The van der Waals surface area contributed by atoms with Gasteiger partial charge in [-0.2, -0.15) is 0 Å². The van der Waals surface area contributed by atoms with E-state index in [1.807, 2.05) is 6.07 Å². The minimum atomic E-state index is 0.800. The highest BCUT2D eigenvalue weighted by Gasteiger charge is 2.22. The highest BCUT2D eigenvalue weighted by atomic mass is 35.5. The van der Waals surface area contributed by atoms with Gasteiger partial charge in [0.05, 0.1) is 0 Å². The lowest BCUT2D eigenvalue weighted by Crippen LogP contribution is -2.12. The van der Waals surface area contributed by atoms with Gasteiger partial charge in [0.15, 0.2) is 0 Å². The van der Waals surface area contributed by atoms with Crippen LogP contribution in [0.5, 0.6) is 0 Å². The van der Waals surface area contributed by atoms with E-state index in [-0.39, 0.29) is 0 Å². The molecule has 0 saturated carbocycles. The molecule has 2 heteroatoms. The first-order valence-corrected chi connectivity index (χ1v) is 8.04. The molecule has 0 bridgehead atoms. The zero-order chi connectivity index (χ0) is 15.3. The van der Waals surface area contributed by atoms with E-state index in [2.05, 4.69) is 60.9 Å². The Labute approximate surface area is 135 Å². The second kappa shape index (κ2) is 5.03. The van der Waals surface area contributed by atoms with Gasteiger partial charge in [0.1, 0.15) is 0 Å². The van der Waals surface area contributed by atoms with Crippen LogP contribution in [0.25, 0.3) is 22.0 Å². The van der Waals surface area contributed by atoms with Crippen LogP contribution in [0.4, 0.5) is 0 Å². The quantitative estimate of drug-likeness (QED) is 0.497. The van der Waals surface area contributed by atoms with Crippen LogP contribution in [0.3, 0.4) is 0 Å². The van der Waals surface area contributed by atoms with Gasteiger partial charge in [-0.25, -0.2) is 0 Å². The minimum Gasteiger partial charge on any atom is -0.340 e. The predicted octanol–water partition coefficient (Wildman–Crippen LogP) is 5.85. The summed E-state index contributed by atoms with van der Waals surface area (Å²) >= 11 is 6.28. The van der Waals surface area contributed by atoms with Crippen LogP contribution < -0.4 is 0 Å². The largest absolute Gasteiger partial charge is 0.340 e. The summed E-state index contributed by atoms with van der Waals surface area (Å²) < 4.78 is 2.45. The molecule has 2 aromatic carbocycles. The normalized spacial score (nSPS) is 14.5. The molecule has 0 spiro atoms. The van der Waals surface area contributed by atoms with Crippen LogP contribution in [0.2, 0.25) is 5.02 Å². The summed E-state index contributed by atoms with van der Waals surface area (Å²) in [7, 11) is 0. The maximum Gasteiger partial charge on any atom is 0.0493 e. The number of rotatable bonds is 1. The van der Waals surface area contributed by atoms with E-state index in [1.165, 1.54) is 38.9 Å². The summed E-state index contributed by atoms with van der Waals surface area (Å²) in [5, 5.41) is 2.06. The predicted molar refractivity (Wildman–Crippen MR) is 94.5 cm³/mol. The first kappa shape index (κ1) is 13.7. The van der Waals surface area contributed by atoms with Crippen molar-refractivity contribution in [2.24, 2.45) is 0 Å². The van der Waals surface area contributed by atoms with E-state index in [1.54, 1.807) is 0 Å². The van der Waals surface area contributed by atoms with Gasteiger partial charge in [-0.15, -0.1) is 0 Å². The lowest BCUT2D eigenvalue weighted by molar-refractivity contribution is 0.722. The van der Waals surface area contributed by atoms with Gasteiger partial charge in [-0.05, 0) is 37.6 Å². The Kier molecular flexibility index (Phi) is 3.12. The number of halogens is 1. The molecule has 4 rings (SSSR count). The van der Waals surface area contributed by atoms with Gasteiger partial charge in [0.25, 0.3) is 0 Å². The van der Waals surface area contributed by atoms with E-state index in [9.17, 15) is 0 Å². The molecule has 3 aromatic rings. The lowest BCUT2D eigenvalue weighted by Gasteiger charge is -2.20. The molecule has 0 radical (unpaired) electrons. The molecule has 1 aromatic heterocycles. The van der Waals surface area contributed by atoms with Gasteiger partial charge in [0, 0.05) is 40.1 Å². The molecule has 0 fully saturated rings. The summed E-state index contributed by atoms with van der Waals surface area (Å²) in [5.74, 6) is 0. The molecule has 110 valence electrons. The van der Waals surface area contributed by atoms with Crippen LogP contribution in [-0.4, -0.2) is 4.57 Å². The zero-order valence-corrected chi connectivity index (χ0v) is 13.6. The third kappa shape index (κ3) is 2.00. The molecule has 0 atom stereocenters. The molecule has 1 aliphatic heterocycles. The zero-order valence-electron chi connectivity index (χ0n) is 12.9. The van der Waals surface area contributed by atoms with E-state index >= 15 is 0 Å². The Bertz CT molecular complexity index is 900. The average molecular weight is 308 g/mol. The fourth-order valence-electron chi connectivity index (χ4n) is 3.45. The Hall–Kier alpha value is -1.99. The summed E-state index contributed by atoms with van der Waals surface area (Å²) in [6.07, 6.45) is 1.02. The molecular formula is C20H18ClN. The molecule has 0 unspecified atom stereocenters. The highest BCUT2D eigenvalue weighted by Crippen LogP contribution is 2.39. The first-order valence-electron chi connectivity index (χ1n) is 7.66. The smallest absolute Gasteiger partial charge is 0.0493 e. The molecule has 0 N–H and O–H groups in total. The lowest BCUT2D eigenvalue weighted by atomic mass is 9.96. The maximum absolute atomic E-state index is 6.28. The number of nitrogens with zero attached hydrogens (tertiary/aromatic N) is 1. The van der Waals surface area contributed by atoms with Crippen molar-refractivity contribution in [2.75, 3.05) is 0 Å². The van der Waals surface area contributed by atoms with Crippen molar-refractivity contribution in [3.63, 3.8) is 0 Å². The van der Waals surface area contributed by atoms with E-state index in [0.29, 0.717) is 0 Å². The molecule has 1 nitrogen and oxygen atoms in total. The number of allylic oxidation sites excluding steroid dienone is 2. The number of benzene rings is 2. The average Bonchev–Trinajstić information content (AvgIpc) is 2.81. The Morgan fingerprint density at radius 3 is 2.50 bits per heavy atom. The summed E-state index contributed by atoms with van der Waals surface area (Å²) in [6.45, 7) is 5.46. The third-order valence-corrected chi connectivity index (χ3v) is 4.99. The van der Waals surface area contributed by atoms with Crippen LogP contribution in [0.15, 0.2) is 59.7 Å². The molecule has 0 saturated heterocycles. The van der Waals surface area contributed by atoms with Gasteiger partial charge in [-0.3, -0.25) is 0 Å². The standard InChI is InChI=1S/C20H18ClN/c1-13-10-19-20(15-6-4-3-5-7-15)17-11-16(21)8-9-18(17)22(19)12-14(13)2/h3-9,11H,10,12H2,1-2H3. The SMILES string of the molecule is CC1=C(C)Cn2c(c(-c3ccccc3)c3cc(Cl)ccc32)C1. The van der Waals surface area contributed by atoms with Crippen molar-refractivity contribution < 1.29 is 0 Å². The van der Waals surface area contributed by atoms with Gasteiger partial charge in [-0.1, -0.05) is 53.1 Å². The first-order chi connectivity index (χ1) is 10.6. The molecule has 0 aliphatic carbocycles. The topological polar surface area (TPSA) is 4.93 Å². The van der Waals surface area contributed by atoms with Crippen molar-refractivity contribution in [1.82, 2.24) is 4.57 Å². The second-order valence-electron chi connectivity index (χ2n) is 6.17. The Morgan fingerprint density at radius 2 is 1.73 bits per heavy atom. The molecule has 22 heavy (non-hydrogen) atoms. The van der Waals surface area contributed by atoms with E-state index < -0.39 is 0 Å². The minimum absolute atomic E-state index is 0.800. The number of fused-ring (bicyclic) bond motifs is 3. The highest BCUT2D eigenvalue weighted by molar-refractivity contribution is 6.31. The fraction of sp³-hybridized carbons (Fsp3) is 0.200. The van der Waals surface area contributed by atoms with E-state index in [4.69, 9.17) is 11.6 Å². The van der Waals surface area contributed by atoms with Crippen molar-refractivity contribution in [1.29, 1.82) is 0 Å². The molecule has 0 amide bonds. The van der Waals surface area contributed by atoms with Crippen molar-refractivity contribution in [3.8, 4) is 11.1 Å². The number of aromatic nitrogens is 1. The van der Waals surface area contributed by atoms with Crippen LogP contribution in [0, 0.1) is 0 Å². The van der Waals surface area contributed by atoms with Crippen LogP contribution in [0.1, 0.15) is 19.5 Å². The number of hydrogen-bond donors (Lipinski definition) is 0.